The first kappa shape index (κ1) is 22.5. The smallest absolute Gasteiger partial charge is 0.315 e. The fourth-order valence-corrected chi connectivity index (χ4v) is 2.13. The van der Waals surface area contributed by atoms with Gasteiger partial charge in [-0.1, -0.05) is 25.7 Å². The molecular formula is C18H38N4O2. The number of unbranched alkanes of at least 4 members (excludes halogenated alkanes) is 5. The standard InChI is InChI=1S/C18H38N4O2/c1-17(2,3)21-15(23)19-13-11-9-7-8-10-12-14-20-16(24)22-18(4,5)6/h7-14H2,1-6H3,(H2,19,21,23)(H2,20,22,24). The molecule has 24 heavy (non-hydrogen) atoms. The molecule has 0 saturated carbocycles. The third-order valence-electron chi connectivity index (χ3n) is 3.15. The Morgan fingerprint density at radius 2 is 0.875 bits per heavy atom. The summed E-state index contributed by atoms with van der Waals surface area (Å²) in [5.74, 6) is 0. The van der Waals surface area contributed by atoms with Gasteiger partial charge in [-0.15, -0.1) is 0 Å². The summed E-state index contributed by atoms with van der Waals surface area (Å²) in [7, 11) is 0. The van der Waals surface area contributed by atoms with E-state index in [0.29, 0.717) is 0 Å². The van der Waals surface area contributed by atoms with Gasteiger partial charge >= 0.3 is 12.1 Å². The van der Waals surface area contributed by atoms with Crippen LogP contribution in [0.2, 0.25) is 0 Å². The number of rotatable bonds is 9. The van der Waals surface area contributed by atoms with Crippen LogP contribution in [0.3, 0.4) is 0 Å². The molecule has 0 atom stereocenters. The third-order valence-corrected chi connectivity index (χ3v) is 3.15. The second-order valence-corrected chi connectivity index (χ2v) is 8.38. The minimum absolute atomic E-state index is 0.0953. The molecule has 0 aromatic carbocycles. The van der Waals surface area contributed by atoms with E-state index in [0.717, 1.165) is 51.6 Å². The van der Waals surface area contributed by atoms with E-state index in [9.17, 15) is 9.59 Å². The number of amides is 4. The van der Waals surface area contributed by atoms with Gasteiger partial charge in [0.15, 0.2) is 0 Å². The van der Waals surface area contributed by atoms with E-state index >= 15 is 0 Å². The zero-order valence-corrected chi connectivity index (χ0v) is 16.5. The van der Waals surface area contributed by atoms with Crippen LogP contribution in [0, 0.1) is 0 Å². The lowest BCUT2D eigenvalue weighted by Gasteiger charge is -2.20. The fourth-order valence-electron chi connectivity index (χ4n) is 2.13. The van der Waals surface area contributed by atoms with E-state index in [1.54, 1.807) is 0 Å². The Morgan fingerprint density at radius 3 is 1.17 bits per heavy atom. The van der Waals surface area contributed by atoms with Gasteiger partial charge in [-0.05, 0) is 54.4 Å². The first-order chi connectivity index (χ1) is 11.0. The van der Waals surface area contributed by atoms with Gasteiger partial charge < -0.3 is 21.3 Å². The molecule has 0 bridgehead atoms. The van der Waals surface area contributed by atoms with Crippen LogP contribution in [0.4, 0.5) is 9.59 Å². The molecule has 142 valence electrons. The summed E-state index contributed by atoms with van der Waals surface area (Å²) in [6.07, 6.45) is 6.57. The van der Waals surface area contributed by atoms with Crippen LogP contribution >= 0.6 is 0 Å². The predicted octanol–water partition coefficient (Wildman–Crippen LogP) is 3.52. The molecular weight excluding hydrogens is 304 g/mol. The molecule has 0 aliphatic rings. The van der Waals surface area contributed by atoms with Gasteiger partial charge in [0.25, 0.3) is 0 Å². The van der Waals surface area contributed by atoms with Gasteiger partial charge in [0.05, 0.1) is 0 Å². The van der Waals surface area contributed by atoms with E-state index in [-0.39, 0.29) is 23.1 Å². The molecule has 0 aliphatic carbocycles. The summed E-state index contributed by atoms with van der Waals surface area (Å²) in [6.45, 7) is 13.2. The zero-order valence-electron chi connectivity index (χ0n) is 16.5. The van der Waals surface area contributed by atoms with E-state index in [1.165, 1.54) is 0 Å². The molecule has 0 unspecified atom stereocenters. The average Bonchev–Trinajstić information content (AvgIpc) is 2.36. The van der Waals surface area contributed by atoms with Crippen LogP contribution in [-0.4, -0.2) is 36.2 Å². The highest BCUT2D eigenvalue weighted by Gasteiger charge is 2.13. The predicted molar refractivity (Wildman–Crippen MR) is 100 cm³/mol. The van der Waals surface area contributed by atoms with Crippen molar-refractivity contribution in [1.82, 2.24) is 21.3 Å². The van der Waals surface area contributed by atoms with Crippen molar-refractivity contribution < 1.29 is 9.59 Å². The molecule has 0 heterocycles. The molecule has 4 N–H and O–H groups in total. The first-order valence-corrected chi connectivity index (χ1v) is 9.12. The third kappa shape index (κ3) is 16.9. The van der Waals surface area contributed by atoms with Crippen molar-refractivity contribution in [2.75, 3.05) is 13.1 Å². The van der Waals surface area contributed by atoms with E-state index in [1.807, 2.05) is 41.5 Å². The molecule has 0 aliphatic heterocycles. The molecule has 0 radical (unpaired) electrons. The maximum Gasteiger partial charge on any atom is 0.315 e. The Hall–Kier alpha value is -1.46. The number of hydrogen-bond donors (Lipinski definition) is 4. The fraction of sp³-hybridized carbons (Fsp3) is 0.889. The van der Waals surface area contributed by atoms with Crippen molar-refractivity contribution in [3.63, 3.8) is 0 Å². The van der Waals surface area contributed by atoms with Crippen LogP contribution < -0.4 is 21.3 Å². The number of carbonyl (C=O) groups excluding carboxylic acids is 2. The highest BCUT2D eigenvalue weighted by atomic mass is 16.2. The molecule has 0 fully saturated rings. The topological polar surface area (TPSA) is 82.3 Å². The minimum atomic E-state index is -0.193. The Kier molecular flexibility index (Phi) is 10.5. The number of carbonyl (C=O) groups is 2. The van der Waals surface area contributed by atoms with E-state index in [4.69, 9.17) is 0 Å². The van der Waals surface area contributed by atoms with Crippen LogP contribution in [0.15, 0.2) is 0 Å². The summed E-state index contributed by atoms with van der Waals surface area (Å²) < 4.78 is 0. The second kappa shape index (κ2) is 11.2. The minimum Gasteiger partial charge on any atom is -0.338 e. The van der Waals surface area contributed by atoms with Crippen molar-refractivity contribution >= 4 is 12.1 Å². The molecule has 0 rings (SSSR count). The van der Waals surface area contributed by atoms with Crippen LogP contribution in [0.1, 0.15) is 80.1 Å². The normalized spacial score (nSPS) is 11.8. The summed E-state index contributed by atoms with van der Waals surface area (Å²) in [4.78, 5) is 23.1. The van der Waals surface area contributed by atoms with Gasteiger partial charge in [0, 0.05) is 24.2 Å². The van der Waals surface area contributed by atoms with Crippen LogP contribution in [0.25, 0.3) is 0 Å². The number of hydrogen-bond acceptors (Lipinski definition) is 2. The molecule has 0 spiro atoms. The van der Waals surface area contributed by atoms with Gasteiger partial charge in [-0.2, -0.15) is 0 Å². The molecule has 0 saturated heterocycles. The molecule has 6 nitrogen and oxygen atoms in total. The zero-order chi connectivity index (χ0) is 18.6. The Labute approximate surface area is 147 Å². The summed E-state index contributed by atoms with van der Waals surface area (Å²) in [5.41, 5.74) is -0.385. The number of urea groups is 2. The van der Waals surface area contributed by atoms with Crippen molar-refractivity contribution in [1.29, 1.82) is 0 Å². The first-order valence-electron chi connectivity index (χ1n) is 9.12. The summed E-state index contributed by atoms with van der Waals surface area (Å²) in [6, 6.07) is -0.191. The molecule has 0 aromatic rings. The van der Waals surface area contributed by atoms with Gasteiger partial charge in [-0.3, -0.25) is 0 Å². The largest absolute Gasteiger partial charge is 0.338 e. The maximum absolute atomic E-state index is 11.5. The van der Waals surface area contributed by atoms with E-state index < -0.39 is 0 Å². The van der Waals surface area contributed by atoms with Crippen molar-refractivity contribution in [3.8, 4) is 0 Å². The lowest BCUT2D eigenvalue weighted by Crippen LogP contribution is -2.46. The van der Waals surface area contributed by atoms with Gasteiger partial charge in [-0.25, -0.2) is 9.59 Å². The monoisotopic (exact) mass is 342 g/mol. The molecule has 0 aromatic heterocycles. The number of nitrogens with one attached hydrogen (secondary N) is 4. The van der Waals surface area contributed by atoms with Crippen LogP contribution in [0.5, 0.6) is 0 Å². The van der Waals surface area contributed by atoms with Crippen molar-refractivity contribution in [3.05, 3.63) is 0 Å². The van der Waals surface area contributed by atoms with Crippen molar-refractivity contribution in [2.24, 2.45) is 0 Å². The highest BCUT2D eigenvalue weighted by molar-refractivity contribution is 5.74. The SMILES string of the molecule is CC(C)(C)NC(=O)NCCCCCCCCNC(=O)NC(C)(C)C. The van der Waals surface area contributed by atoms with Gasteiger partial charge in [0.2, 0.25) is 0 Å². The lowest BCUT2D eigenvalue weighted by atomic mass is 10.1. The van der Waals surface area contributed by atoms with Gasteiger partial charge in [0.1, 0.15) is 0 Å². The summed E-state index contributed by atoms with van der Waals surface area (Å²) >= 11 is 0. The quantitative estimate of drug-likeness (QED) is 0.484. The Bertz CT molecular complexity index is 334. The molecule has 4 amide bonds. The van der Waals surface area contributed by atoms with E-state index in [2.05, 4.69) is 21.3 Å². The maximum atomic E-state index is 11.5. The lowest BCUT2D eigenvalue weighted by molar-refractivity contribution is 0.230. The van der Waals surface area contributed by atoms with Crippen LogP contribution in [-0.2, 0) is 0 Å². The second-order valence-electron chi connectivity index (χ2n) is 8.38. The average molecular weight is 343 g/mol. The molecule has 6 heteroatoms. The summed E-state index contributed by atoms with van der Waals surface area (Å²) in [5, 5.41) is 11.5. The van der Waals surface area contributed by atoms with Crippen molar-refractivity contribution in [2.45, 2.75) is 91.1 Å². The highest BCUT2D eigenvalue weighted by Crippen LogP contribution is 2.05. The Balaban J connectivity index is 3.37. The Morgan fingerprint density at radius 1 is 0.583 bits per heavy atom.